The monoisotopic (exact) mass is 791 g/mol. The predicted octanol–water partition coefficient (Wildman–Crippen LogP) is 15.5. The van der Waals surface area contributed by atoms with Gasteiger partial charge in [0.1, 0.15) is 11.2 Å². The molecule has 0 saturated carbocycles. The largest absolute Gasteiger partial charge is 0.456 e. The van der Waals surface area contributed by atoms with E-state index in [2.05, 4.69) is 199 Å². The van der Waals surface area contributed by atoms with Crippen molar-refractivity contribution in [1.29, 1.82) is 0 Å². The van der Waals surface area contributed by atoms with Gasteiger partial charge in [0.05, 0.1) is 22.4 Å². The zero-order valence-electron chi connectivity index (χ0n) is 33.6. The van der Waals surface area contributed by atoms with Crippen LogP contribution in [0.15, 0.2) is 229 Å². The van der Waals surface area contributed by atoms with Crippen molar-refractivity contribution in [2.24, 2.45) is 0 Å². The molecular formula is C58H37N3O. The summed E-state index contributed by atoms with van der Waals surface area (Å²) in [6.07, 6.45) is 0. The van der Waals surface area contributed by atoms with E-state index in [0.29, 0.717) is 5.82 Å². The fraction of sp³-hybridized carbons (Fsp3) is 0. The number of rotatable bonds is 7. The van der Waals surface area contributed by atoms with Gasteiger partial charge in [0.25, 0.3) is 0 Å². The van der Waals surface area contributed by atoms with Crippen molar-refractivity contribution in [3.8, 4) is 73.0 Å². The summed E-state index contributed by atoms with van der Waals surface area (Å²) in [6, 6.07) is 79.1. The van der Waals surface area contributed by atoms with Gasteiger partial charge in [0.2, 0.25) is 0 Å². The quantitative estimate of drug-likeness (QED) is 0.161. The van der Waals surface area contributed by atoms with Crippen LogP contribution in [0.4, 0.5) is 0 Å². The van der Waals surface area contributed by atoms with Gasteiger partial charge in [-0.25, -0.2) is 9.97 Å². The summed E-state index contributed by atoms with van der Waals surface area (Å²) >= 11 is 0. The van der Waals surface area contributed by atoms with E-state index in [1.165, 1.54) is 33.0 Å². The zero-order chi connectivity index (χ0) is 41.0. The zero-order valence-corrected chi connectivity index (χ0v) is 33.6. The first-order chi connectivity index (χ1) is 30.7. The van der Waals surface area contributed by atoms with E-state index in [1.807, 2.05) is 30.3 Å². The summed E-state index contributed by atoms with van der Waals surface area (Å²) in [5.74, 6) is 0.674. The van der Waals surface area contributed by atoms with Crippen LogP contribution in [0.5, 0.6) is 0 Å². The first-order valence-corrected chi connectivity index (χ1v) is 21.0. The molecule has 4 heteroatoms. The number of fused-ring (bicyclic) bond motifs is 6. The van der Waals surface area contributed by atoms with Gasteiger partial charge >= 0.3 is 0 Å². The van der Waals surface area contributed by atoms with Crippen LogP contribution in [-0.2, 0) is 0 Å². The van der Waals surface area contributed by atoms with Crippen LogP contribution >= 0.6 is 0 Å². The Hall–Kier alpha value is -8.34. The molecule has 0 amide bonds. The highest BCUT2D eigenvalue weighted by Crippen LogP contribution is 2.43. The van der Waals surface area contributed by atoms with Gasteiger partial charge in [0.15, 0.2) is 5.82 Å². The van der Waals surface area contributed by atoms with Gasteiger partial charge in [0, 0.05) is 50.0 Å². The van der Waals surface area contributed by atoms with Crippen molar-refractivity contribution in [2.45, 2.75) is 0 Å². The molecular weight excluding hydrogens is 755 g/mol. The smallest absolute Gasteiger partial charge is 0.160 e. The molecule has 0 unspecified atom stereocenters. The molecule has 0 saturated heterocycles. The Kier molecular flexibility index (Phi) is 8.46. The van der Waals surface area contributed by atoms with Gasteiger partial charge in [-0.1, -0.05) is 164 Å². The van der Waals surface area contributed by atoms with Gasteiger partial charge in [-0.05, 0) is 88.0 Å². The maximum atomic E-state index is 6.97. The number of hydrogen-bond acceptors (Lipinski definition) is 3. The molecule has 3 aromatic heterocycles. The van der Waals surface area contributed by atoms with Crippen LogP contribution in [0.3, 0.4) is 0 Å². The first-order valence-electron chi connectivity index (χ1n) is 21.0. The Labute approximate surface area is 358 Å². The predicted molar refractivity (Wildman–Crippen MR) is 256 cm³/mol. The Balaban J connectivity index is 1.09. The van der Waals surface area contributed by atoms with Crippen LogP contribution < -0.4 is 0 Å². The van der Waals surface area contributed by atoms with Gasteiger partial charge < -0.3 is 8.98 Å². The number of aromatic nitrogens is 3. The highest BCUT2D eigenvalue weighted by Gasteiger charge is 2.21. The summed E-state index contributed by atoms with van der Waals surface area (Å²) in [5.41, 5.74) is 16.5. The van der Waals surface area contributed by atoms with Gasteiger partial charge in [-0.2, -0.15) is 0 Å². The normalized spacial score (nSPS) is 11.5. The summed E-state index contributed by atoms with van der Waals surface area (Å²) in [6.45, 7) is 0. The van der Waals surface area contributed by atoms with Crippen molar-refractivity contribution in [3.05, 3.63) is 224 Å². The van der Waals surface area contributed by atoms with E-state index < -0.39 is 0 Å². The minimum atomic E-state index is 0.674. The second kappa shape index (κ2) is 14.7. The summed E-state index contributed by atoms with van der Waals surface area (Å²) in [7, 11) is 0. The van der Waals surface area contributed by atoms with Crippen LogP contribution in [0, 0.1) is 0 Å². The highest BCUT2D eigenvalue weighted by molar-refractivity contribution is 6.15. The molecule has 0 atom stereocenters. The lowest BCUT2D eigenvalue weighted by Gasteiger charge is -2.12. The maximum absolute atomic E-state index is 6.97. The Morgan fingerprint density at radius 1 is 0.323 bits per heavy atom. The van der Waals surface area contributed by atoms with E-state index in [-0.39, 0.29) is 0 Å². The molecule has 0 aliphatic rings. The lowest BCUT2D eigenvalue weighted by molar-refractivity contribution is 0.669. The van der Waals surface area contributed by atoms with E-state index in [1.54, 1.807) is 0 Å². The van der Waals surface area contributed by atoms with Crippen molar-refractivity contribution in [3.63, 3.8) is 0 Å². The Morgan fingerprint density at radius 2 is 0.823 bits per heavy atom. The van der Waals surface area contributed by atoms with E-state index in [4.69, 9.17) is 14.4 Å². The number of nitrogens with zero attached hydrogens (tertiary/aromatic N) is 3. The lowest BCUT2D eigenvalue weighted by Crippen LogP contribution is -1.96. The third kappa shape index (κ3) is 6.16. The van der Waals surface area contributed by atoms with Crippen LogP contribution in [0.25, 0.3) is 117 Å². The molecule has 0 aliphatic heterocycles. The van der Waals surface area contributed by atoms with Crippen molar-refractivity contribution in [1.82, 2.24) is 14.5 Å². The molecule has 0 aliphatic carbocycles. The molecule has 0 fully saturated rings. The molecule has 0 radical (unpaired) electrons. The van der Waals surface area contributed by atoms with Crippen molar-refractivity contribution >= 4 is 43.7 Å². The molecule has 290 valence electrons. The van der Waals surface area contributed by atoms with Crippen molar-refractivity contribution < 1.29 is 4.42 Å². The van der Waals surface area contributed by atoms with Crippen LogP contribution in [0.1, 0.15) is 0 Å². The third-order valence-corrected chi connectivity index (χ3v) is 12.0. The second-order valence-corrected chi connectivity index (χ2v) is 15.8. The van der Waals surface area contributed by atoms with Gasteiger partial charge in [-0.15, -0.1) is 0 Å². The second-order valence-electron chi connectivity index (χ2n) is 15.8. The van der Waals surface area contributed by atoms with Crippen molar-refractivity contribution in [2.75, 3.05) is 0 Å². The minimum Gasteiger partial charge on any atom is -0.456 e. The third-order valence-electron chi connectivity index (χ3n) is 12.0. The molecule has 12 rings (SSSR count). The lowest BCUT2D eigenvalue weighted by atomic mass is 9.96. The van der Waals surface area contributed by atoms with Crippen LogP contribution in [-0.4, -0.2) is 14.5 Å². The highest BCUT2D eigenvalue weighted by atomic mass is 16.3. The number of hydrogen-bond donors (Lipinski definition) is 0. The van der Waals surface area contributed by atoms with E-state index in [9.17, 15) is 0 Å². The molecule has 12 aromatic rings. The summed E-state index contributed by atoms with van der Waals surface area (Å²) < 4.78 is 9.34. The molecule has 0 spiro atoms. The standard InChI is InChI=1S/C58H37N3O/c1-6-16-38(17-7-1)43-26-30-53-48(32-43)49-33-44(39-18-8-2-9-19-39)27-31-54(49)61(53)46-28-29-47-55(36-46)62-56-35-45(40-20-10-3-11-21-40)34-50(57(47)56)52-37-51(41-22-12-4-13-23-41)59-58(60-52)42-24-14-5-15-25-42/h1-37H. The van der Waals surface area contributed by atoms with E-state index >= 15 is 0 Å². The van der Waals surface area contributed by atoms with E-state index in [0.717, 1.165) is 77.9 Å². The molecule has 4 nitrogen and oxygen atoms in total. The maximum Gasteiger partial charge on any atom is 0.160 e. The summed E-state index contributed by atoms with van der Waals surface area (Å²) in [4.78, 5) is 10.4. The molecule has 9 aromatic carbocycles. The molecule has 0 bridgehead atoms. The van der Waals surface area contributed by atoms with Gasteiger partial charge in [-0.3, -0.25) is 0 Å². The SMILES string of the molecule is c1ccc(-c2cc(-c3cc(-c4ccccc4)nc(-c4ccccc4)n3)c3c(c2)oc2cc(-n4c5ccc(-c6ccccc6)cc5c5cc(-c6ccccc6)ccc54)ccc23)cc1. The first kappa shape index (κ1) is 35.6. The topological polar surface area (TPSA) is 43.9 Å². The number of benzene rings is 9. The fourth-order valence-electron chi connectivity index (χ4n) is 9.01. The molecule has 62 heavy (non-hydrogen) atoms. The minimum absolute atomic E-state index is 0.674. The molecule has 0 N–H and O–H groups in total. The summed E-state index contributed by atoms with van der Waals surface area (Å²) in [5, 5.41) is 4.44. The Bertz CT molecular complexity index is 3440. The fourth-order valence-corrected chi connectivity index (χ4v) is 9.01. The average Bonchev–Trinajstić information content (AvgIpc) is 3.89. The average molecular weight is 792 g/mol. The Morgan fingerprint density at radius 3 is 1.39 bits per heavy atom. The number of furan rings is 1. The molecule has 3 heterocycles. The van der Waals surface area contributed by atoms with Crippen LogP contribution in [0.2, 0.25) is 0 Å².